The number of pyridine rings is 1. The predicted octanol–water partition coefficient (Wildman–Crippen LogP) is 2.98. The molecule has 1 atom stereocenters. The molecule has 0 saturated carbocycles. The fraction of sp³-hybridized carbons (Fsp3) is 0.385. The maximum absolute atomic E-state index is 8.99. The van der Waals surface area contributed by atoms with Crippen molar-refractivity contribution in [3.8, 4) is 6.07 Å². The van der Waals surface area contributed by atoms with Gasteiger partial charge < -0.3 is 10.3 Å². The summed E-state index contributed by atoms with van der Waals surface area (Å²) in [4.78, 5) is 7.31. The Bertz CT molecular complexity index is 597. The molecular formula is C13H15ClN4. The van der Waals surface area contributed by atoms with Gasteiger partial charge in [0.1, 0.15) is 17.3 Å². The second-order valence-corrected chi connectivity index (χ2v) is 4.74. The van der Waals surface area contributed by atoms with Crippen LogP contribution in [0.4, 0.5) is 0 Å². The van der Waals surface area contributed by atoms with Crippen molar-refractivity contribution in [3.05, 3.63) is 28.5 Å². The van der Waals surface area contributed by atoms with Gasteiger partial charge in [0.05, 0.1) is 10.5 Å². The molecule has 2 heterocycles. The predicted molar refractivity (Wildman–Crippen MR) is 72.4 cm³/mol. The van der Waals surface area contributed by atoms with Crippen LogP contribution in [0.2, 0.25) is 5.02 Å². The molecule has 0 amide bonds. The maximum Gasteiger partial charge on any atom is 0.141 e. The molecule has 0 aromatic carbocycles. The van der Waals surface area contributed by atoms with Crippen LogP contribution < -0.4 is 5.32 Å². The zero-order valence-corrected chi connectivity index (χ0v) is 11.2. The molecule has 0 aliphatic carbocycles. The molecule has 0 bridgehead atoms. The van der Waals surface area contributed by atoms with Gasteiger partial charge in [-0.3, -0.25) is 0 Å². The van der Waals surface area contributed by atoms with Gasteiger partial charge in [0.2, 0.25) is 0 Å². The van der Waals surface area contributed by atoms with Crippen molar-refractivity contribution < 1.29 is 0 Å². The van der Waals surface area contributed by atoms with Gasteiger partial charge in [-0.15, -0.1) is 0 Å². The van der Waals surface area contributed by atoms with Gasteiger partial charge in [0.25, 0.3) is 0 Å². The lowest BCUT2D eigenvalue weighted by molar-refractivity contribution is 0.535. The Morgan fingerprint density at radius 3 is 3.06 bits per heavy atom. The first-order chi connectivity index (χ1) is 8.65. The summed E-state index contributed by atoms with van der Waals surface area (Å²) in [7, 11) is 0. The highest BCUT2D eigenvalue weighted by Gasteiger charge is 2.11. The van der Waals surface area contributed by atoms with Crippen LogP contribution in [0, 0.1) is 11.3 Å². The molecule has 2 aromatic rings. The number of hydrogen-bond donors (Lipinski definition) is 2. The summed E-state index contributed by atoms with van der Waals surface area (Å²) in [5, 5.41) is 12.9. The summed E-state index contributed by atoms with van der Waals surface area (Å²) in [5.74, 6) is 0. The van der Waals surface area contributed by atoms with E-state index in [2.05, 4.69) is 35.2 Å². The van der Waals surface area contributed by atoms with Crippen LogP contribution in [0.5, 0.6) is 0 Å². The van der Waals surface area contributed by atoms with Crippen LogP contribution in [-0.2, 0) is 6.54 Å². The van der Waals surface area contributed by atoms with E-state index in [-0.39, 0.29) is 0 Å². The second kappa shape index (κ2) is 5.38. The van der Waals surface area contributed by atoms with Crippen molar-refractivity contribution in [2.45, 2.75) is 32.9 Å². The van der Waals surface area contributed by atoms with Crippen molar-refractivity contribution in [2.24, 2.45) is 0 Å². The van der Waals surface area contributed by atoms with Crippen molar-refractivity contribution in [1.82, 2.24) is 15.3 Å². The Kier molecular flexibility index (Phi) is 3.85. The topological polar surface area (TPSA) is 64.5 Å². The molecule has 0 saturated heterocycles. The average Bonchev–Trinajstić information content (AvgIpc) is 2.77. The molecule has 0 unspecified atom stereocenters. The highest BCUT2D eigenvalue weighted by molar-refractivity contribution is 6.35. The monoisotopic (exact) mass is 262 g/mol. The van der Waals surface area contributed by atoms with Gasteiger partial charge in [0, 0.05) is 18.8 Å². The van der Waals surface area contributed by atoms with E-state index in [9.17, 15) is 0 Å². The first-order valence-electron chi connectivity index (χ1n) is 5.95. The van der Waals surface area contributed by atoms with E-state index in [0.29, 0.717) is 28.8 Å². The minimum absolute atomic E-state index is 0.393. The first-order valence-corrected chi connectivity index (χ1v) is 6.33. The van der Waals surface area contributed by atoms with Gasteiger partial charge in [-0.25, -0.2) is 4.98 Å². The van der Waals surface area contributed by atoms with Gasteiger partial charge in [-0.1, -0.05) is 18.5 Å². The lowest BCUT2D eigenvalue weighted by atomic mass is 10.1. The van der Waals surface area contributed by atoms with Gasteiger partial charge >= 0.3 is 0 Å². The third-order valence-corrected chi connectivity index (χ3v) is 3.33. The third-order valence-electron chi connectivity index (χ3n) is 3.04. The smallest absolute Gasteiger partial charge is 0.141 e. The summed E-state index contributed by atoms with van der Waals surface area (Å²) in [6.07, 6.45) is 2.76. The fourth-order valence-corrected chi connectivity index (χ4v) is 1.95. The minimum atomic E-state index is 0.393. The highest BCUT2D eigenvalue weighted by Crippen LogP contribution is 2.24. The minimum Gasteiger partial charge on any atom is -0.358 e. The van der Waals surface area contributed by atoms with E-state index in [4.69, 9.17) is 16.9 Å². The normalized spacial score (nSPS) is 12.6. The van der Waals surface area contributed by atoms with Gasteiger partial charge in [-0.2, -0.15) is 5.26 Å². The number of aromatic amines is 1. The van der Waals surface area contributed by atoms with Crippen molar-refractivity contribution in [2.75, 3.05) is 0 Å². The summed E-state index contributed by atoms with van der Waals surface area (Å²) in [5.41, 5.74) is 2.97. The van der Waals surface area contributed by atoms with Gasteiger partial charge in [0.15, 0.2) is 0 Å². The lowest BCUT2D eigenvalue weighted by Gasteiger charge is -2.11. The summed E-state index contributed by atoms with van der Waals surface area (Å²) < 4.78 is 0. The molecule has 0 radical (unpaired) electrons. The van der Waals surface area contributed by atoms with Crippen molar-refractivity contribution in [3.63, 3.8) is 0 Å². The van der Waals surface area contributed by atoms with E-state index in [0.717, 1.165) is 17.5 Å². The Morgan fingerprint density at radius 2 is 2.39 bits per heavy atom. The molecule has 0 aliphatic heterocycles. The Morgan fingerprint density at radius 1 is 1.61 bits per heavy atom. The van der Waals surface area contributed by atoms with Crippen LogP contribution in [0.15, 0.2) is 12.3 Å². The van der Waals surface area contributed by atoms with E-state index in [1.54, 1.807) is 12.3 Å². The van der Waals surface area contributed by atoms with E-state index in [1.165, 1.54) is 0 Å². The number of rotatable bonds is 4. The van der Waals surface area contributed by atoms with Crippen LogP contribution in [0.1, 0.15) is 31.5 Å². The number of aromatic nitrogens is 2. The summed E-state index contributed by atoms with van der Waals surface area (Å²) in [6.45, 7) is 4.96. The molecule has 2 aromatic heterocycles. The second-order valence-electron chi connectivity index (χ2n) is 4.33. The van der Waals surface area contributed by atoms with Crippen molar-refractivity contribution >= 4 is 22.6 Å². The quantitative estimate of drug-likeness (QED) is 0.890. The van der Waals surface area contributed by atoms with Crippen LogP contribution in [-0.4, -0.2) is 16.0 Å². The average molecular weight is 263 g/mol. The Hall–Kier alpha value is -1.57. The Labute approximate surface area is 111 Å². The molecular weight excluding hydrogens is 248 g/mol. The third kappa shape index (κ3) is 2.47. The lowest BCUT2D eigenvalue weighted by Crippen LogP contribution is -2.24. The number of halogens is 1. The van der Waals surface area contributed by atoms with E-state index in [1.807, 2.05) is 0 Å². The molecule has 18 heavy (non-hydrogen) atoms. The fourth-order valence-electron chi connectivity index (χ4n) is 1.76. The number of hydrogen-bond acceptors (Lipinski definition) is 3. The highest BCUT2D eigenvalue weighted by atomic mass is 35.5. The molecule has 0 fully saturated rings. The van der Waals surface area contributed by atoms with Gasteiger partial charge in [-0.05, 0) is 25.0 Å². The molecule has 2 N–H and O–H groups in total. The number of H-pyrrole nitrogens is 1. The number of nitrogens with zero attached hydrogens (tertiary/aromatic N) is 2. The molecule has 4 nitrogen and oxygen atoms in total. The van der Waals surface area contributed by atoms with E-state index >= 15 is 0 Å². The van der Waals surface area contributed by atoms with E-state index < -0.39 is 0 Å². The summed E-state index contributed by atoms with van der Waals surface area (Å²) >= 11 is 6.04. The first kappa shape index (κ1) is 12.9. The maximum atomic E-state index is 8.99. The largest absolute Gasteiger partial charge is 0.358 e. The summed E-state index contributed by atoms with van der Waals surface area (Å²) in [6, 6.07) is 4.30. The molecule has 0 spiro atoms. The molecule has 2 rings (SSSR count). The number of fused-ring (bicyclic) bond motifs is 1. The number of nitrogens with one attached hydrogen (secondary N) is 2. The van der Waals surface area contributed by atoms with Crippen LogP contribution in [0.25, 0.3) is 11.0 Å². The number of nitriles is 1. The SMILES string of the molecule is CC[C@H](C)NCc1cc(C#N)nc2c(Cl)c[nH]c12. The Balaban J connectivity index is 2.39. The van der Waals surface area contributed by atoms with Crippen LogP contribution in [0.3, 0.4) is 0 Å². The zero-order chi connectivity index (χ0) is 13.1. The standard InChI is InChI=1S/C13H15ClN4/c1-3-8(2)16-6-9-4-10(5-15)18-13-11(14)7-17-12(9)13/h4,7-8,16-17H,3,6H2,1-2H3/t8-/m0/s1. The van der Waals surface area contributed by atoms with Crippen LogP contribution >= 0.6 is 11.6 Å². The van der Waals surface area contributed by atoms with Crippen molar-refractivity contribution in [1.29, 1.82) is 5.26 Å². The molecule has 5 heteroatoms. The molecule has 0 aliphatic rings. The molecule has 94 valence electrons. The zero-order valence-electron chi connectivity index (χ0n) is 10.4.